The monoisotopic (exact) mass is 1000 g/mol. The maximum Gasteiger partial charge on any atom is 0.250 e. The second-order valence-electron chi connectivity index (χ2n) is 21.7. The largest absolute Gasteiger partial charge is 0.458 e. The molecule has 2 aromatic heterocycles. The lowest BCUT2D eigenvalue weighted by atomic mass is 9.35. The van der Waals surface area contributed by atoms with Gasteiger partial charge in [-0.2, -0.15) is 0 Å². The summed E-state index contributed by atoms with van der Waals surface area (Å²) in [5.41, 5.74) is 22.5. The first kappa shape index (κ1) is 43.1. The van der Waals surface area contributed by atoms with E-state index in [0.717, 1.165) is 89.4 Å². The summed E-state index contributed by atoms with van der Waals surface area (Å²) < 4.78 is 20.2. The fourth-order valence-corrected chi connectivity index (χ4v) is 15.0. The van der Waals surface area contributed by atoms with E-state index in [1.165, 1.54) is 65.9 Å². The summed E-state index contributed by atoms with van der Waals surface area (Å²) >= 11 is 0. The molecule has 0 radical (unpaired) electrons. The lowest BCUT2D eigenvalue weighted by Crippen LogP contribution is -2.55. The average molecular weight is 1000 g/mol. The number of hydrogen-bond donors (Lipinski definition) is 0. The summed E-state index contributed by atoms with van der Waals surface area (Å²) in [5, 5.41) is 4.88. The van der Waals surface area contributed by atoms with Crippen LogP contribution in [-0.2, 0) is 5.41 Å². The number of benzene rings is 12. The third-order valence-electron chi connectivity index (χ3n) is 18.0. The number of hydrogen-bond acceptors (Lipinski definition) is 2. The molecule has 364 valence electrons. The van der Waals surface area contributed by atoms with Gasteiger partial charge in [0, 0.05) is 43.8 Å². The van der Waals surface area contributed by atoms with Crippen LogP contribution in [0.3, 0.4) is 0 Å². The minimum atomic E-state index is -0.839. The fraction of sp³-hybridized carbons (Fsp3) is 0.0137. The third kappa shape index (κ3) is 5.59. The van der Waals surface area contributed by atoms with Crippen molar-refractivity contribution < 1.29 is 9.47 Å². The van der Waals surface area contributed by atoms with Crippen LogP contribution in [0.25, 0.3) is 77.2 Å². The molecule has 4 heterocycles. The Morgan fingerprint density at radius 1 is 0.266 bits per heavy atom. The van der Waals surface area contributed by atoms with E-state index in [4.69, 9.17) is 9.47 Å². The highest BCUT2D eigenvalue weighted by Crippen LogP contribution is 2.68. The summed E-state index contributed by atoms with van der Waals surface area (Å²) in [6, 6.07) is 98.6. The maximum absolute atomic E-state index is 7.59. The van der Waals surface area contributed by atoms with Gasteiger partial charge < -0.3 is 18.6 Å². The Bertz CT molecular complexity index is 4520. The Kier molecular flexibility index (Phi) is 8.74. The van der Waals surface area contributed by atoms with Crippen molar-refractivity contribution in [2.45, 2.75) is 5.41 Å². The lowest BCUT2D eigenvalue weighted by molar-refractivity contribution is 0.488. The van der Waals surface area contributed by atoms with Crippen LogP contribution in [0, 0.1) is 0 Å². The minimum Gasteiger partial charge on any atom is -0.458 e. The highest BCUT2D eigenvalue weighted by molar-refractivity contribution is 6.97. The summed E-state index contributed by atoms with van der Waals surface area (Å²) in [5.74, 6) is 3.56. The van der Waals surface area contributed by atoms with Crippen molar-refractivity contribution in [3.8, 4) is 56.6 Å². The van der Waals surface area contributed by atoms with Gasteiger partial charge in [-0.05, 0) is 92.6 Å². The topological polar surface area (TPSA) is 28.3 Å². The molecule has 0 bridgehead atoms. The molecule has 0 saturated heterocycles. The predicted octanol–water partition coefficient (Wildman–Crippen LogP) is 13.5. The van der Waals surface area contributed by atoms with Gasteiger partial charge >= 0.3 is 0 Å². The first-order valence-electron chi connectivity index (χ1n) is 27.5. The van der Waals surface area contributed by atoms with Crippen LogP contribution in [0.1, 0.15) is 22.3 Å². The van der Waals surface area contributed by atoms with Gasteiger partial charge in [-0.3, -0.25) is 0 Å². The first-order valence-corrected chi connectivity index (χ1v) is 27.5. The van der Waals surface area contributed by atoms with Gasteiger partial charge in [0.25, 0.3) is 13.4 Å². The van der Waals surface area contributed by atoms with Gasteiger partial charge in [0.15, 0.2) is 0 Å². The quantitative estimate of drug-likeness (QED) is 0.164. The van der Waals surface area contributed by atoms with Crippen LogP contribution >= 0.6 is 0 Å². The minimum absolute atomic E-state index is 0.0627. The molecule has 2 aliphatic carbocycles. The summed E-state index contributed by atoms with van der Waals surface area (Å²) in [6.45, 7) is -0.125. The van der Waals surface area contributed by atoms with E-state index in [2.05, 4.69) is 276 Å². The van der Waals surface area contributed by atoms with Gasteiger partial charge in [0.1, 0.15) is 23.0 Å². The van der Waals surface area contributed by atoms with Crippen LogP contribution in [0.15, 0.2) is 267 Å². The summed E-state index contributed by atoms with van der Waals surface area (Å²) in [7, 11) is 0. The Labute approximate surface area is 457 Å². The fourth-order valence-electron chi connectivity index (χ4n) is 15.0. The average Bonchev–Trinajstić information content (AvgIpc) is 2.63. The summed E-state index contributed by atoms with van der Waals surface area (Å²) in [4.78, 5) is 0. The van der Waals surface area contributed by atoms with Gasteiger partial charge in [0.05, 0.1) is 38.9 Å². The van der Waals surface area contributed by atoms with Crippen molar-refractivity contribution in [1.29, 1.82) is 0 Å². The van der Waals surface area contributed by atoms with Gasteiger partial charge in [-0.15, -0.1) is 0 Å². The SMILES string of the molecule is c1ccc(B2c3ccccc3Oc3c2ccc2c3-c3c(-n4c5ccccc5c5ccccc54)cccc3C23c2cccc(-n4c5ccccc5c5ccccc54)c2-c2c3ccc3c2Oc2ccccc2B3c2ccccc2)cc1. The van der Waals surface area contributed by atoms with Crippen LogP contribution in [-0.4, -0.2) is 22.6 Å². The van der Waals surface area contributed by atoms with Crippen molar-refractivity contribution >= 4 is 89.8 Å². The Morgan fingerprint density at radius 2 is 0.608 bits per heavy atom. The molecule has 0 atom stereocenters. The zero-order valence-electron chi connectivity index (χ0n) is 42.8. The first-order chi connectivity index (χ1) is 39.3. The number of para-hydroxylation sites is 6. The van der Waals surface area contributed by atoms with Crippen LogP contribution in [0.4, 0.5) is 0 Å². The molecular formula is C73H44B2N2O2. The van der Waals surface area contributed by atoms with Crippen molar-refractivity contribution in [3.05, 3.63) is 289 Å². The molecule has 0 unspecified atom stereocenters. The van der Waals surface area contributed by atoms with Crippen molar-refractivity contribution in [1.82, 2.24) is 9.13 Å². The van der Waals surface area contributed by atoms with E-state index in [-0.39, 0.29) is 13.4 Å². The van der Waals surface area contributed by atoms with E-state index in [0.29, 0.717) is 0 Å². The predicted molar refractivity (Wildman–Crippen MR) is 327 cm³/mol. The Morgan fingerprint density at radius 3 is 1.01 bits per heavy atom. The number of rotatable bonds is 4. The molecule has 4 nitrogen and oxygen atoms in total. The zero-order chi connectivity index (χ0) is 51.5. The molecule has 2 aliphatic heterocycles. The van der Waals surface area contributed by atoms with E-state index in [9.17, 15) is 0 Å². The number of ether oxygens (including phenoxy) is 2. The van der Waals surface area contributed by atoms with Crippen molar-refractivity contribution in [3.63, 3.8) is 0 Å². The molecule has 18 rings (SSSR count). The number of fused-ring (bicyclic) bond motifs is 22. The van der Waals surface area contributed by atoms with Crippen molar-refractivity contribution in [2.75, 3.05) is 0 Å². The Hall–Kier alpha value is -10.0. The summed E-state index contributed by atoms with van der Waals surface area (Å²) in [6.07, 6.45) is 0. The molecule has 0 amide bonds. The highest BCUT2D eigenvalue weighted by Gasteiger charge is 2.57. The molecule has 1 spiro atoms. The number of aromatic nitrogens is 2. The van der Waals surface area contributed by atoms with Crippen LogP contribution in [0.2, 0.25) is 0 Å². The van der Waals surface area contributed by atoms with E-state index >= 15 is 0 Å². The standard InChI is InChI=1S/C73H44B2N2O2/c1-3-21-45(22-4-1)74-55-31-11-17-39-65(55)78-71-57(74)43-41-53-69(71)67-51(29-19-37-63(67)76-59-33-13-7-25-47(59)48-26-8-14-34-60(48)76)73(53)52-30-20-38-64(77-61-35-15-9-27-49(61)50-28-10-16-36-62(50)77)68(52)70-54(73)42-44-58-72(70)79-66-40-18-12-32-56(66)75(58)46-23-5-2-6-24-46/h1-44H. The smallest absolute Gasteiger partial charge is 0.250 e. The maximum atomic E-state index is 7.59. The second-order valence-corrected chi connectivity index (χ2v) is 21.7. The Balaban J connectivity index is 1.03. The molecule has 0 N–H and O–H groups in total. The molecule has 12 aromatic carbocycles. The molecule has 4 aliphatic rings. The highest BCUT2D eigenvalue weighted by atomic mass is 16.5. The molecule has 6 heteroatoms. The molecule has 79 heavy (non-hydrogen) atoms. The van der Waals surface area contributed by atoms with E-state index in [1.54, 1.807) is 0 Å². The van der Waals surface area contributed by atoms with Gasteiger partial charge in [-0.25, -0.2) is 0 Å². The van der Waals surface area contributed by atoms with Crippen molar-refractivity contribution in [2.24, 2.45) is 0 Å². The molecule has 0 fully saturated rings. The third-order valence-corrected chi connectivity index (χ3v) is 18.0. The van der Waals surface area contributed by atoms with Crippen LogP contribution in [0.5, 0.6) is 23.0 Å². The van der Waals surface area contributed by atoms with E-state index in [1.807, 2.05) is 0 Å². The molecule has 0 saturated carbocycles. The number of nitrogens with zero attached hydrogens (tertiary/aromatic N) is 2. The second kappa shape index (κ2) is 16.0. The lowest BCUT2D eigenvalue weighted by Gasteiger charge is -2.33. The van der Waals surface area contributed by atoms with Crippen LogP contribution < -0.4 is 42.3 Å². The molecule has 14 aromatic rings. The van der Waals surface area contributed by atoms with E-state index < -0.39 is 5.41 Å². The van der Waals surface area contributed by atoms with Gasteiger partial charge in [0.2, 0.25) is 0 Å². The van der Waals surface area contributed by atoms with Gasteiger partial charge in [-0.1, -0.05) is 229 Å². The molecular weight excluding hydrogens is 958 g/mol. The zero-order valence-corrected chi connectivity index (χ0v) is 42.8. The normalized spacial score (nSPS) is 13.8.